The van der Waals surface area contributed by atoms with E-state index < -0.39 is 4.92 Å². The number of rotatable bonds is 4. The van der Waals surface area contributed by atoms with E-state index in [2.05, 4.69) is 24.0 Å². The van der Waals surface area contributed by atoms with Crippen molar-refractivity contribution in [3.05, 3.63) is 39.4 Å². The summed E-state index contributed by atoms with van der Waals surface area (Å²) in [7, 11) is 0. The molecule has 0 radical (unpaired) electrons. The Kier molecular flexibility index (Phi) is 3.74. The van der Waals surface area contributed by atoms with Gasteiger partial charge in [-0.15, -0.1) is 0 Å². The monoisotopic (exact) mass is 274 g/mol. The van der Waals surface area contributed by atoms with Crippen LogP contribution in [0.25, 0.3) is 11.3 Å². The van der Waals surface area contributed by atoms with Gasteiger partial charge in [-0.05, 0) is 30.9 Å². The number of aromatic amines is 1. The molecule has 1 aromatic carbocycles. The first-order valence-corrected chi connectivity index (χ1v) is 6.47. The van der Waals surface area contributed by atoms with E-state index in [-0.39, 0.29) is 5.69 Å². The number of non-ortho nitro benzene ring substituents is 1. The molecule has 0 aliphatic carbocycles. The lowest BCUT2D eigenvalue weighted by molar-refractivity contribution is -0.384. The Hall–Kier alpha value is -2.37. The molecule has 0 saturated heterocycles. The molecule has 0 unspecified atom stereocenters. The Labute approximate surface area is 117 Å². The molecule has 0 bridgehead atoms. The second-order valence-electron chi connectivity index (χ2n) is 5.37. The number of nitrogens with one attached hydrogen (secondary N) is 1. The van der Waals surface area contributed by atoms with Gasteiger partial charge < -0.3 is 5.73 Å². The van der Waals surface area contributed by atoms with Crippen LogP contribution < -0.4 is 5.73 Å². The quantitative estimate of drug-likeness (QED) is 0.661. The fourth-order valence-electron chi connectivity index (χ4n) is 2.25. The lowest BCUT2D eigenvalue weighted by Crippen LogP contribution is -1.99. The molecule has 0 saturated carbocycles. The molecule has 2 aromatic rings. The minimum absolute atomic E-state index is 0.0728. The highest BCUT2D eigenvalue weighted by Gasteiger charge is 2.17. The molecule has 1 heterocycles. The molecule has 3 N–H and O–H groups in total. The smallest absolute Gasteiger partial charge is 0.270 e. The number of hydrogen-bond donors (Lipinski definition) is 2. The summed E-state index contributed by atoms with van der Waals surface area (Å²) in [5, 5.41) is 17.9. The Balaban J connectivity index is 2.54. The largest absolute Gasteiger partial charge is 0.382 e. The molecule has 0 aliphatic heterocycles. The van der Waals surface area contributed by atoms with Crippen LogP contribution in [0.5, 0.6) is 0 Å². The van der Waals surface area contributed by atoms with E-state index >= 15 is 0 Å². The zero-order valence-corrected chi connectivity index (χ0v) is 11.8. The number of nitrogen functional groups attached to an aromatic ring is 1. The molecule has 2 rings (SSSR count). The van der Waals surface area contributed by atoms with Gasteiger partial charge in [0.05, 0.1) is 10.6 Å². The lowest BCUT2D eigenvalue weighted by Gasteiger charge is -2.08. The first-order valence-electron chi connectivity index (χ1n) is 6.47. The zero-order chi connectivity index (χ0) is 14.9. The third-order valence-corrected chi connectivity index (χ3v) is 3.07. The van der Waals surface area contributed by atoms with Gasteiger partial charge in [-0.3, -0.25) is 15.2 Å². The maximum Gasteiger partial charge on any atom is 0.270 e. The van der Waals surface area contributed by atoms with E-state index in [1.807, 2.05) is 13.0 Å². The highest BCUT2D eigenvalue weighted by Crippen LogP contribution is 2.30. The molecule has 0 aliphatic rings. The summed E-state index contributed by atoms with van der Waals surface area (Å²) in [6, 6.07) is 4.99. The highest BCUT2D eigenvalue weighted by atomic mass is 16.6. The normalized spacial score (nSPS) is 11.0. The molecule has 20 heavy (non-hydrogen) atoms. The summed E-state index contributed by atoms with van der Waals surface area (Å²) in [4.78, 5) is 10.6. The van der Waals surface area contributed by atoms with Crippen LogP contribution in [0.2, 0.25) is 0 Å². The molecule has 106 valence electrons. The van der Waals surface area contributed by atoms with E-state index in [1.54, 1.807) is 12.1 Å². The van der Waals surface area contributed by atoms with Gasteiger partial charge in [-0.25, -0.2) is 0 Å². The van der Waals surface area contributed by atoms with Crippen molar-refractivity contribution in [1.82, 2.24) is 10.2 Å². The number of nitrogens with zero attached hydrogens (tertiary/aromatic N) is 2. The van der Waals surface area contributed by atoms with Crippen LogP contribution in [0.15, 0.2) is 18.2 Å². The van der Waals surface area contributed by atoms with E-state index in [4.69, 9.17) is 5.73 Å². The summed E-state index contributed by atoms with van der Waals surface area (Å²) < 4.78 is 0. The zero-order valence-electron chi connectivity index (χ0n) is 11.8. The van der Waals surface area contributed by atoms with E-state index in [9.17, 15) is 10.1 Å². The molecule has 0 amide bonds. The number of nitro benzene ring substituents is 1. The van der Waals surface area contributed by atoms with Crippen LogP contribution in [0.4, 0.5) is 11.5 Å². The van der Waals surface area contributed by atoms with E-state index in [0.29, 0.717) is 11.7 Å². The number of aromatic nitrogens is 2. The van der Waals surface area contributed by atoms with Gasteiger partial charge in [-0.2, -0.15) is 5.10 Å². The first-order chi connectivity index (χ1) is 9.38. The molecule has 0 atom stereocenters. The van der Waals surface area contributed by atoms with Crippen molar-refractivity contribution < 1.29 is 4.92 Å². The molecule has 1 aromatic heterocycles. The van der Waals surface area contributed by atoms with Gasteiger partial charge in [0.2, 0.25) is 0 Å². The third kappa shape index (κ3) is 2.79. The fourth-order valence-corrected chi connectivity index (χ4v) is 2.25. The molecule has 0 spiro atoms. The van der Waals surface area contributed by atoms with Crippen molar-refractivity contribution in [2.75, 3.05) is 5.73 Å². The Morgan fingerprint density at radius 1 is 1.40 bits per heavy atom. The minimum atomic E-state index is -0.391. The number of hydrogen-bond acceptors (Lipinski definition) is 4. The summed E-state index contributed by atoms with van der Waals surface area (Å²) in [6.45, 7) is 6.02. The number of aryl methyl sites for hydroxylation is 1. The maximum atomic E-state index is 11.0. The maximum absolute atomic E-state index is 11.0. The van der Waals surface area contributed by atoms with Crippen molar-refractivity contribution in [2.45, 2.75) is 27.2 Å². The first kappa shape index (κ1) is 14.0. The highest BCUT2D eigenvalue weighted by molar-refractivity contribution is 5.70. The van der Waals surface area contributed by atoms with Gasteiger partial charge in [0.15, 0.2) is 0 Å². The summed E-state index contributed by atoms with van der Waals surface area (Å²) in [5.41, 5.74) is 9.22. The van der Waals surface area contributed by atoms with Gasteiger partial charge in [0, 0.05) is 23.3 Å². The molecule has 6 heteroatoms. The number of H-pyrrole nitrogens is 1. The molecular weight excluding hydrogens is 256 g/mol. The molecule has 0 fully saturated rings. The van der Waals surface area contributed by atoms with Crippen LogP contribution in [-0.2, 0) is 6.42 Å². The average molecular weight is 274 g/mol. The second-order valence-corrected chi connectivity index (χ2v) is 5.37. The number of nitrogens with two attached hydrogens (primary N) is 1. The Morgan fingerprint density at radius 3 is 2.70 bits per heavy atom. The summed E-state index contributed by atoms with van der Waals surface area (Å²) in [6.07, 6.45) is 0.777. The van der Waals surface area contributed by atoms with Crippen molar-refractivity contribution in [3.63, 3.8) is 0 Å². The van der Waals surface area contributed by atoms with Crippen LogP contribution in [0, 0.1) is 23.0 Å². The lowest BCUT2D eigenvalue weighted by atomic mass is 9.98. The van der Waals surface area contributed by atoms with Crippen molar-refractivity contribution in [3.8, 4) is 11.3 Å². The standard InChI is InChI=1S/C14H18N4O2/c1-8(2)4-12-13(16-17-14(12)15)10-5-9(3)6-11(7-10)18(19)20/h5-8H,4H2,1-3H3,(H3,15,16,17). The fraction of sp³-hybridized carbons (Fsp3) is 0.357. The number of anilines is 1. The van der Waals surface area contributed by atoms with Crippen molar-refractivity contribution >= 4 is 11.5 Å². The second kappa shape index (κ2) is 5.32. The van der Waals surface area contributed by atoms with Crippen molar-refractivity contribution in [1.29, 1.82) is 0 Å². The Bertz CT molecular complexity index is 647. The van der Waals surface area contributed by atoms with Gasteiger partial charge >= 0.3 is 0 Å². The SMILES string of the molecule is Cc1cc(-c2[nH]nc(N)c2CC(C)C)cc([N+](=O)[O-])c1. The predicted molar refractivity (Wildman–Crippen MR) is 78.4 cm³/mol. The van der Waals surface area contributed by atoms with Crippen LogP contribution >= 0.6 is 0 Å². The summed E-state index contributed by atoms with van der Waals surface area (Å²) >= 11 is 0. The third-order valence-electron chi connectivity index (χ3n) is 3.07. The number of benzene rings is 1. The predicted octanol–water partition coefficient (Wildman–Crippen LogP) is 3.07. The van der Waals surface area contributed by atoms with Gasteiger partial charge in [0.25, 0.3) is 5.69 Å². The van der Waals surface area contributed by atoms with Gasteiger partial charge in [-0.1, -0.05) is 13.8 Å². The van der Waals surface area contributed by atoms with Crippen LogP contribution in [0.1, 0.15) is 25.0 Å². The van der Waals surface area contributed by atoms with E-state index in [0.717, 1.165) is 28.8 Å². The van der Waals surface area contributed by atoms with Gasteiger partial charge in [0.1, 0.15) is 5.82 Å². The van der Waals surface area contributed by atoms with Crippen LogP contribution in [-0.4, -0.2) is 15.1 Å². The Morgan fingerprint density at radius 2 is 2.10 bits per heavy atom. The van der Waals surface area contributed by atoms with E-state index in [1.165, 1.54) is 0 Å². The average Bonchev–Trinajstić information content (AvgIpc) is 2.69. The minimum Gasteiger partial charge on any atom is -0.382 e. The van der Waals surface area contributed by atoms with Crippen LogP contribution in [0.3, 0.4) is 0 Å². The number of nitro groups is 1. The van der Waals surface area contributed by atoms with Crippen molar-refractivity contribution in [2.24, 2.45) is 5.92 Å². The molecule has 6 nitrogen and oxygen atoms in total. The topological polar surface area (TPSA) is 97.8 Å². The molecular formula is C14H18N4O2. The summed E-state index contributed by atoms with van der Waals surface area (Å²) in [5.74, 6) is 0.881.